The number of aromatic nitrogens is 3. The largest absolute Gasteiger partial charge is 0.353 e. The summed E-state index contributed by atoms with van der Waals surface area (Å²) in [4.78, 5) is 30.3. The van der Waals surface area contributed by atoms with Crippen LogP contribution in [0.15, 0.2) is 30.3 Å². The molecule has 1 aromatic carbocycles. The topological polar surface area (TPSA) is 91.0 Å². The van der Waals surface area contributed by atoms with Crippen molar-refractivity contribution in [3.8, 4) is 11.4 Å². The normalized spacial score (nSPS) is 20.7. The molecule has 2 N–H and O–H groups in total. The Morgan fingerprint density at radius 2 is 1.93 bits per heavy atom. The zero-order valence-electron chi connectivity index (χ0n) is 15.4. The number of likely N-dealkylation sites (tertiary alicyclic amines) is 1. The van der Waals surface area contributed by atoms with Gasteiger partial charge in [0, 0.05) is 43.5 Å². The van der Waals surface area contributed by atoms with Gasteiger partial charge in [-0.2, -0.15) is 5.10 Å². The smallest absolute Gasteiger partial charge is 0.222 e. The average molecular weight is 367 g/mol. The summed E-state index contributed by atoms with van der Waals surface area (Å²) in [7, 11) is 0. The van der Waals surface area contributed by atoms with Crippen LogP contribution in [0.1, 0.15) is 50.3 Å². The number of carbonyl (C=O) groups is 2. The Balaban J connectivity index is 1.27. The zero-order valence-corrected chi connectivity index (χ0v) is 15.4. The number of rotatable bonds is 5. The van der Waals surface area contributed by atoms with Crippen LogP contribution in [0.5, 0.6) is 0 Å². The molecule has 2 saturated heterocycles. The van der Waals surface area contributed by atoms with Crippen molar-refractivity contribution >= 4 is 11.8 Å². The van der Waals surface area contributed by atoms with Gasteiger partial charge in [0.05, 0.1) is 0 Å². The maximum absolute atomic E-state index is 12.4. The van der Waals surface area contributed by atoms with E-state index in [1.165, 1.54) is 0 Å². The summed E-state index contributed by atoms with van der Waals surface area (Å²) in [5, 5.41) is 10.4. The summed E-state index contributed by atoms with van der Waals surface area (Å²) in [5.41, 5.74) is 1.01. The Hall–Kier alpha value is -2.70. The van der Waals surface area contributed by atoms with Crippen LogP contribution in [0.25, 0.3) is 11.4 Å². The Bertz CT molecular complexity index is 796. The SMILES string of the molecule is O=C1CCC(CCC(=O)N2CCC(c3nc(-c4ccccc4)n[nH]3)CC2)N1. The summed E-state index contributed by atoms with van der Waals surface area (Å²) in [6.07, 6.45) is 4.49. The van der Waals surface area contributed by atoms with Crippen molar-refractivity contribution in [2.24, 2.45) is 0 Å². The molecule has 7 heteroatoms. The van der Waals surface area contributed by atoms with E-state index >= 15 is 0 Å². The quantitative estimate of drug-likeness (QED) is 0.848. The van der Waals surface area contributed by atoms with Crippen molar-refractivity contribution in [2.75, 3.05) is 13.1 Å². The van der Waals surface area contributed by atoms with Crippen LogP contribution >= 0.6 is 0 Å². The van der Waals surface area contributed by atoms with Gasteiger partial charge in [0.1, 0.15) is 5.82 Å². The predicted octanol–water partition coefficient (Wildman–Crippen LogP) is 2.24. The number of amides is 2. The van der Waals surface area contributed by atoms with E-state index in [2.05, 4.69) is 20.5 Å². The molecule has 4 rings (SSSR count). The van der Waals surface area contributed by atoms with Crippen LogP contribution in [-0.2, 0) is 9.59 Å². The molecule has 0 saturated carbocycles. The third-order valence-electron chi connectivity index (χ3n) is 5.56. The number of benzene rings is 1. The van der Waals surface area contributed by atoms with Crippen LogP contribution in [0.4, 0.5) is 0 Å². The fraction of sp³-hybridized carbons (Fsp3) is 0.500. The van der Waals surface area contributed by atoms with E-state index < -0.39 is 0 Å². The standard InChI is InChI=1S/C20H25N5O2/c26-17-8-6-16(21-17)7-9-18(27)25-12-10-15(11-13-25)20-22-19(23-24-20)14-4-2-1-3-5-14/h1-5,15-16H,6-13H2,(H,21,26)(H,22,23,24). The minimum Gasteiger partial charge on any atom is -0.353 e. The molecular weight excluding hydrogens is 342 g/mol. The molecule has 3 heterocycles. The Kier molecular flexibility index (Phi) is 5.18. The van der Waals surface area contributed by atoms with Gasteiger partial charge in [-0.15, -0.1) is 0 Å². The molecule has 2 amide bonds. The van der Waals surface area contributed by atoms with Crippen LogP contribution < -0.4 is 5.32 Å². The van der Waals surface area contributed by atoms with Gasteiger partial charge in [-0.1, -0.05) is 30.3 Å². The van der Waals surface area contributed by atoms with E-state index in [0.29, 0.717) is 18.8 Å². The Labute approximate surface area is 158 Å². The fourth-order valence-electron chi connectivity index (χ4n) is 3.93. The summed E-state index contributed by atoms with van der Waals surface area (Å²) < 4.78 is 0. The molecule has 0 aliphatic carbocycles. The molecule has 2 aliphatic rings. The third-order valence-corrected chi connectivity index (χ3v) is 5.56. The molecule has 0 radical (unpaired) electrons. The van der Waals surface area contributed by atoms with Gasteiger partial charge in [-0.3, -0.25) is 14.7 Å². The highest BCUT2D eigenvalue weighted by Crippen LogP contribution is 2.27. The molecule has 2 fully saturated rings. The van der Waals surface area contributed by atoms with E-state index in [-0.39, 0.29) is 17.9 Å². The van der Waals surface area contributed by atoms with E-state index in [4.69, 9.17) is 0 Å². The molecular formula is C20H25N5O2. The summed E-state index contributed by atoms with van der Waals surface area (Å²) in [5.74, 6) is 2.25. The molecule has 2 aromatic rings. The van der Waals surface area contributed by atoms with Crippen LogP contribution in [0.2, 0.25) is 0 Å². The minimum absolute atomic E-state index is 0.107. The second kappa shape index (κ2) is 7.90. The van der Waals surface area contributed by atoms with Crippen molar-refractivity contribution in [2.45, 2.75) is 50.5 Å². The van der Waals surface area contributed by atoms with Crippen LogP contribution in [0, 0.1) is 0 Å². The molecule has 0 spiro atoms. The zero-order chi connectivity index (χ0) is 18.6. The second-order valence-corrected chi connectivity index (χ2v) is 7.41. The number of nitrogens with one attached hydrogen (secondary N) is 2. The summed E-state index contributed by atoms with van der Waals surface area (Å²) in [6.45, 7) is 1.50. The molecule has 142 valence electrons. The first-order valence-electron chi connectivity index (χ1n) is 9.74. The number of hydrogen-bond acceptors (Lipinski definition) is 4. The fourth-order valence-corrected chi connectivity index (χ4v) is 3.93. The maximum Gasteiger partial charge on any atom is 0.222 e. The van der Waals surface area contributed by atoms with Gasteiger partial charge >= 0.3 is 0 Å². The van der Waals surface area contributed by atoms with Crippen molar-refractivity contribution in [3.05, 3.63) is 36.2 Å². The number of carbonyl (C=O) groups excluding carboxylic acids is 2. The lowest BCUT2D eigenvalue weighted by Crippen LogP contribution is -2.38. The van der Waals surface area contributed by atoms with Crippen molar-refractivity contribution in [1.82, 2.24) is 25.4 Å². The Morgan fingerprint density at radius 3 is 2.63 bits per heavy atom. The highest BCUT2D eigenvalue weighted by atomic mass is 16.2. The minimum atomic E-state index is 0.107. The Morgan fingerprint density at radius 1 is 1.15 bits per heavy atom. The van der Waals surface area contributed by atoms with Crippen molar-refractivity contribution in [3.63, 3.8) is 0 Å². The van der Waals surface area contributed by atoms with E-state index in [1.807, 2.05) is 35.2 Å². The molecule has 27 heavy (non-hydrogen) atoms. The van der Waals surface area contributed by atoms with Gasteiger partial charge in [-0.25, -0.2) is 4.98 Å². The molecule has 7 nitrogen and oxygen atoms in total. The monoisotopic (exact) mass is 367 g/mol. The number of piperidine rings is 1. The molecule has 1 atom stereocenters. The molecule has 0 bridgehead atoms. The highest BCUT2D eigenvalue weighted by Gasteiger charge is 2.27. The average Bonchev–Trinajstić information content (AvgIpc) is 3.36. The lowest BCUT2D eigenvalue weighted by Gasteiger charge is -2.31. The first-order chi connectivity index (χ1) is 13.2. The van der Waals surface area contributed by atoms with Crippen molar-refractivity contribution < 1.29 is 9.59 Å². The summed E-state index contributed by atoms with van der Waals surface area (Å²) in [6, 6.07) is 10.1. The molecule has 2 aliphatic heterocycles. The number of aromatic amines is 1. The predicted molar refractivity (Wildman–Crippen MR) is 101 cm³/mol. The van der Waals surface area contributed by atoms with E-state index in [1.54, 1.807) is 0 Å². The van der Waals surface area contributed by atoms with Gasteiger partial charge in [-0.05, 0) is 25.7 Å². The van der Waals surface area contributed by atoms with E-state index in [0.717, 1.165) is 56.0 Å². The number of hydrogen-bond donors (Lipinski definition) is 2. The first-order valence-corrected chi connectivity index (χ1v) is 9.74. The van der Waals surface area contributed by atoms with Gasteiger partial charge in [0.2, 0.25) is 11.8 Å². The maximum atomic E-state index is 12.4. The van der Waals surface area contributed by atoms with Crippen molar-refractivity contribution in [1.29, 1.82) is 0 Å². The first kappa shape index (κ1) is 17.7. The van der Waals surface area contributed by atoms with Gasteiger partial charge in [0.25, 0.3) is 0 Å². The second-order valence-electron chi connectivity index (χ2n) is 7.41. The molecule has 1 aromatic heterocycles. The molecule has 1 unspecified atom stereocenters. The number of H-pyrrole nitrogens is 1. The lowest BCUT2D eigenvalue weighted by atomic mass is 9.95. The van der Waals surface area contributed by atoms with Crippen LogP contribution in [-0.4, -0.2) is 51.0 Å². The summed E-state index contributed by atoms with van der Waals surface area (Å²) >= 11 is 0. The third kappa shape index (κ3) is 4.18. The van der Waals surface area contributed by atoms with Gasteiger partial charge < -0.3 is 10.2 Å². The van der Waals surface area contributed by atoms with Crippen LogP contribution in [0.3, 0.4) is 0 Å². The van der Waals surface area contributed by atoms with E-state index in [9.17, 15) is 9.59 Å². The van der Waals surface area contributed by atoms with Gasteiger partial charge in [0.15, 0.2) is 5.82 Å². The number of nitrogens with zero attached hydrogens (tertiary/aromatic N) is 3. The lowest BCUT2D eigenvalue weighted by molar-refractivity contribution is -0.132. The highest BCUT2D eigenvalue weighted by molar-refractivity contribution is 5.79.